The molecule has 0 aliphatic heterocycles. The zero-order valence-electron chi connectivity index (χ0n) is 10.9. The van der Waals surface area contributed by atoms with Crippen LogP contribution in [0.1, 0.15) is 10.4 Å². The van der Waals surface area contributed by atoms with Crippen LogP contribution < -0.4 is 10.2 Å². The van der Waals surface area contributed by atoms with Crippen molar-refractivity contribution < 1.29 is 4.79 Å². The van der Waals surface area contributed by atoms with Crippen LogP contribution in [0.4, 0.5) is 11.4 Å². The smallest absolute Gasteiger partial charge is 0.257 e. The maximum Gasteiger partial charge on any atom is 0.257 e. The first-order valence-electron chi connectivity index (χ1n) is 5.92. The van der Waals surface area contributed by atoms with E-state index in [0.717, 1.165) is 5.69 Å². The highest BCUT2D eigenvalue weighted by molar-refractivity contribution is 6.34. The summed E-state index contributed by atoms with van der Waals surface area (Å²) in [5, 5.41) is 3.35. The molecular formula is C15H15ClN2O. The van der Waals surface area contributed by atoms with E-state index in [1.807, 2.05) is 49.3 Å². The van der Waals surface area contributed by atoms with Crippen LogP contribution in [0.15, 0.2) is 48.5 Å². The Morgan fingerprint density at radius 3 is 2.37 bits per heavy atom. The summed E-state index contributed by atoms with van der Waals surface area (Å²) < 4.78 is 0. The van der Waals surface area contributed by atoms with Crippen LogP contribution in [0.25, 0.3) is 0 Å². The topological polar surface area (TPSA) is 32.3 Å². The van der Waals surface area contributed by atoms with Crippen molar-refractivity contribution in [1.82, 2.24) is 0 Å². The lowest BCUT2D eigenvalue weighted by atomic mass is 10.1. The summed E-state index contributed by atoms with van der Waals surface area (Å²) >= 11 is 6.03. The Balaban J connectivity index is 2.29. The van der Waals surface area contributed by atoms with Crippen LogP contribution >= 0.6 is 11.6 Å². The van der Waals surface area contributed by atoms with Gasteiger partial charge in [0.05, 0.1) is 16.3 Å². The Morgan fingerprint density at radius 1 is 1.05 bits per heavy atom. The first kappa shape index (κ1) is 13.4. The van der Waals surface area contributed by atoms with Gasteiger partial charge in [-0.1, -0.05) is 35.9 Å². The van der Waals surface area contributed by atoms with E-state index in [4.69, 9.17) is 11.6 Å². The Hall–Kier alpha value is -2.00. The Bertz CT molecular complexity index is 596. The number of nitrogens with one attached hydrogen (secondary N) is 1. The Kier molecular flexibility index (Phi) is 4.07. The van der Waals surface area contributed by atoms with E-state index in [-0.39, 0.29) is 5.91 Å². The minimum atomic E-state index is -0.169. The average Bonchev–Trinajstić information content (AvgIpc) is 2.41. The van der Waals surface area contributed by atoms with E-state index in [9.17, 15) is 4.79 Å². The van der Waals surface area contributed by atoms with Crippen molar-refractivity contribution in [2.24, 2.45) is 0 Å². The van der Waals surface area contributed by atoms with Gasteiger partial charge in [-0.3, -0.25) is 4.79 Å². The van der Waals surface area contributed by atoms with Gasteiger partial charge in [-0.2, -0.15) is 0 Å². The molecule has 0 aliphatic carbocycles. The van der Waals surface area contributed by atoms with E-state index in [1.54, 1.807) is 18.2 Å². The average molecular weight is 275 g/mol. The van der Waals surface area contributed by atoms with Gasteiger partial charge in [0, 0.05) is 19.8 Å². The van der Waals surface area contributed by atoms with Crippen LogP contribution in [0.5, 0.6) is 0 Å². The van der Waals surface area contributed by atoms with Gasteiger partial charge >= 0.3 is 0 Å². The predicted molar refractivity (Wildman–Crippen MR) is 80.2 cm³/mol. The predicted octanol–water partition coefficient (Wildman–Crippen LogP) is 3.66. The highest BCUT2D eigenvalue weighted by Crippen LogP contribution is 2.23. The molecule has 0 radical (unpaired) electrons. The van der Waals surface area contributed by atoms with Crippen molar-refractivity contribution in [3.05, 3.63) is 59.1 Å². The minimum Gasteiger partial charge on any atom is -0.377 e. The molecule has 0 heterocycles. The largest absolute Gasteiger partial charge is 0.377 e. The second kappa shape index (κ2) is 5.76. The molecule has 3 nitrogen and oxygen atoms in total. The highest BCUT2D eigenvalue weighted by atomic mass is 35.5. The third-order valence-corrected chi connectivity index (χ3v) is 3.08. The number of hydrogen-bond acceptors (Lipinski definition) is 2. The minimum absolute atomic E-state index is 0.169. The summed E-state index contributed by atoms with van der Waals surface area (Å²) in [4.78, 5) is 14.2. The number of para-hydroxylation sites is 2. The Labute approximate surface area is 117 Å². The molecule has 2 aromatic carbocycles. The molecule has 19 heavy (non-hydrogen) atoms. The molecule has 4 heteroatoms. The van der Waals surface area contributed by atoms with Crippen molar-refractivity contribution in [3.63, 3.8) is 0 Å². The molecular weight excluding hydrogens is 260 g/mol. The second-order valence-corrected chi connectivity index (χ2v) is 4.75. The van der Waals surface area contributed by atoms with Gasteiger partial charge < -0.3 is 10.2 Å². The SMILES string of the molecule is CN(C)c1ccccc1C(=O)Nc1ccccc1Cl. The first-order chi connectivity index (χ1) is 9.09. The number of amides is 1. The summed E-state index contributed by atoms with van der Waals surface area (Å²) in [6, 6.07) is 14.6. The summed E-state index contributed by atoms with van der Waals surface area (Å²) in [6.45, 7) is 0. The standard InChI is InChI=1S/C15H15ClN2O/c1-18(2)14-10-6-3-7-11(14)15(19)17-13-9-5-4-8-12(13)16/h3-10H,1-2H3,(H,17,19). The number of halogens is 1. The van der Waals surface area contributed by atoms with Crippen molar-refractivity contribution in [3.8, 4) is 0 Å². The lowest BCUT2D eigenvalue weighted by Crippen LogP contribution is -2.18. The summed E-state index contributed by atoms with van der Waals surface area (Å²) in [5.41, 5.74) is 2.10. The number of hydrogen-bond donors (Lipinski definition) is 1. The van der Waals surface area contributed by atoms with Crippen LogP contribution in [0.3, 0.4) is 0 Å². The fourth-order valence-electron chi connectivity index (χ4n) is 1.81. The maximum absolute atomic E-state index is 12.3. The van der Waals surface area contributed by atoms with Crippen molar-refractivity contribution in [2.45, 2.75) is 0 Å². The van der Waals surface area contributed by atoms with Crippen molar-refractivity contribution in [1.29, 1.82) is 0 Å². The van der Waals surface area contributed by atoms with E-state index < -0.39 is 0 Å². The Morgan fingerprint density at radius 2 is 1.68 bits per heavy atom. The van der Waals surface area contributed by atoms with Gasteiger partial charge in [0.15, 0.2) is 0 Å². The lowest BCUT2D eigenvalue weighted by Gasteiger charge is -2.17. The van der Waals surface area contributed by atoms with Crippen LogP contribution in [0.2, 0.25) is 5.02 Å². The molecule has 0 spiro atoms. The zero-order valence-corrected chi connectivity index (χ0v) is 11.6. The van der Waals surface area contributed by atoms with Gasteiger partial charge in [0.2, 0.25) is 0 Å². The highest BCUT2D eigenvalue weighted by Gasteiger charge is 2.13. The molecule has 0 saturated heterocycles. The van der Waals surface area contributed by atoms with Gasteiger partial charge in [0.25, 0.3) is 5.91 Å². The van der Waals surface area contributed by atoms with Crippen LogP contribution in [0, 0.1) is 0 Å². The molecule has 0 atom stereocenters. The first-order valence-corrected chi connectivity index (χ1v) is 6.29. The van der Waals surface area contributed by atoms with E-state index in [1.165, 1.54) is 0 Å². The zero-order chi connectivity index (χ0) is 13.8. The third-order valence-electron chi connectivity index (χ3n) is 2.75. The molecule has 0 aromatic heterocycles. The van der Waals surface area contributed by atoms with Crippen LogP contribution in [-0.4, -0.2) is 20.0 Å². The summed E-state index contributed by atoms with van der Waals surface area (Å²) in [6.07, 6.45) is 0. The third kappa shape index (κ3) is 3.06. The number of nitrogens with zero attached hydrogens (tertiary/aromatic N) is 1. The summed E-state index contributed by atoms with van der Waals surface area (Å²) in [5.74, 6) is -0.169. The van der Waals surface area contributed by atoms with E-state index >= 15 is 0 Å². The summed E-state index contributed by atoms with van der Waals surface area (Å²) in [7, 11) is 3.81. The quantitative estimate of drug-likeness (QED) is 0.926. The molecule has 1 N–H and O–H groups in total. The number of carbonyl (C=O) groups excluding carboxylic acids is 1. The molecule has 98 valence electrons. The van der Waals surface area contributed by atoms with Gasteiger partial charge in [-0.25, -0.2) is 0 Å². The molecule has 0 fully saturated rings. The van der Waals surface area contributed by atoms with Gasteiger partial charge in [-0.05, 0) is 24.3 Å². The monoisotopic (exact) mass is 274 g/mol. The van der Waals surface area contributed by atoms with Gasteiger partial charge in [-0.15, -0.1) is 0 Å². The van der Waals surface area contributed by atoms with Crippen molar-refractivity contribution in [2.75, 3.05) is 24.3 Å². The lowest BCUT2D eigenvalue weighted by molar-refractivity contribution is 0.102. The maximum atomic E-state index is 12.3. The van der Waals surface area contributed by atoms with E-state index in [0.29, 0.717) is 16.3 Å². The molecule has 2 aromatic rings. The van der Waals surface area contributed by atoms with Gasteiger partial charge in [0.1, 0.15) is 0 Å². The van der Waals surface area contributed by atoms with Crippen molar-refractivity contribution >= 4 is 28.9 Å². The number of carbonyl (C=O) groups is 1. The molecule has 0 bridgehead atoms. The normalized spacial score (nSPS) is 10.1. The van der Waals surface area contributed by atoms with E-state index in [2.05, 4.69) is 5.32 Å². The fraction of sp³-hybridized carbons (Fsp3) is 0.133. The van der Waals surface area contributed by atoms with Crippen LogP contribution in [-0.2, 0) is 0 Å². The molecule has 1 amide bonds. The number of rotatable bonds is 3. The molecule has 0 unspecified atom stereocenters. The number of anilines is 2. The fourth-order valence-corrected chi connectivity index (χ4v) is 1.99. The molecule has 2 rings (SSSR count). The number of benzene rings is 2. The molecule has 0 aliphatic rings. The molecule has 0 saturated carbocycles. The second-order valence-electron chi connectivity index (χ2n) is 4.35.